The summed E-state index contributed by atoms with van der Waals surface area (Å²) in [7, 11) is 0. The number of phenolic OH excluding ortho intramolecular Hbond substituents is 2. The molecule has 6 atom stereocenters. The number of fused-ring (bicyclic) bond motifs is 3. The highest BCUT2D eigenvalue weighted by Crippen LogP contribution is 2.52. The van der Waals surface area contributed by atoms with Crippen LogP contribution in [0, 0.1) is 0 Å². The summed E-state index contributed by atoms with van der Waals surface area (Å²) in [4.78, 5) is 29.1. The van der Waals surface area contributed by atoms with E-state index in [-0.39, 0.29) is 52.3 Å². The Morgan fingerprint density at radius 2 is 1.68 bits per heavy atom. The average molecular weight is 554 g/mol. The number of nitrogens with zero attached hydrogens (tertiary/aromatic N) is 1. The molecule has 0 spiro atoms. The minimum atomic E-state index is -1.29. The largest absolute Gasteiger partial charge is 0.507 e. The summed E-state index contributed by atoms with van der Waals surface area (Å²) in [6.45, 7) is 6.05. The molecule has 0 radical (unpaired) electrons. The molecular weight excluding hydrogens is 518 g/mol. The average Bonchev–Trinajstić information content (AvgIpc) is 2.95. The fraction of sp³-hybridized carbons (Fsp3) is 0.533. The van der Waals surface area contributed by atoms with Crippen molar-refractivity contribution in [2.24, 2.45) is 0 Å². The lowest BCUT2D eigenvalue weighted by Crippen LogP contribution is -2.57. The van der Waals surface area contributed by atoms with Crippen LogP contribution in [-0.4, -0.2) is 93.3 Å². The van der Waals surface area contributed by atoms with Crippen LogP contribution in [0.15, 0.2) is 24.3 Å². The first kappa shape index (κ1) is 27.3. The van der Waals surface area contributed by atoms with Gasteiger partial charge in [0.1, 0.15) is 11.5 Å². The van der Waals surface area contributed by atoms with Gasteiger partial charge in [-0.2, -0.15) is 0 Å². The summed E-state index contributed by atoms with van der Waals surface area (Å²) in [5.74, 6) is -1.97. The van der Waals surface area contributed by atoms with Gasteiger partial charge in [-0.1, -0.05) is 31.2 Å². The van der Waals surface area contributed by atoms with Gasteiger partial charge in [-0.15, -0.1) is 0 Å². The van der Waals surface area contributed by atoms with Crippen molar-refractivity contribution in [2.45, 2.75) is 75.8 Å². The second-order valence-corrected chi connectivity index (χ2v) is 11.3. The van der Waals surface area contributed by atoms with Gasteiger partial charge in [-0.3, -0.25) is 14.5 Å². The molecule has 10 nitrogen and oxygen atoms in total. The summed E-state index contributed by atoms with van der Waals surface area (Å²) in [6.07, 6.45) is -2.29. The molecule has 0 unspecified atom stereocenters. The SMILES string of the molecule is CC[C@]1(O)Cc2c(O)c3c(c(O)c2[C@@H](O[C@H]2C[C@H](N4CCOCC4)[C@H](O)[C@H](C)O2)C1)C(=O)c1ccccc1C3=O. The van der Waals surface area contributed by atoms with Crippen molar-refractivity contribution in [1.29, 1.82) is 0 Å². The summed E-state index contributed by atoms with van der Waals surface area (Å²) >= 11 is 0. The van der Waals surface area contributed by atoms with Crippen molar-refractivity contribution in [2.75, 3.05) is 26.3 Å². The van der Waals surface area contributed by atoms with Gasteiger partial charge in [-0.25, -0.2) is 0 Å². The van der Waals surface area contributed by atoms with E-state index < -0.39 is 53.3 Å². The molecule has 2 aliphatic carbocycles. The van der Waals surface area contributed by atoms with Gasteiger partial charge < -0.3 is 34.6 Å². The van der Waals surface area contributed by atoms with Crippen LogP contribution in [-0.2, 0) is 20.6 Å². The van der Waals surface area contributed by atoms with Gasteiger partial charge in [0.2, 0.25) is 0 Å². The smallest absolute Gasteiger partial charge is 0.198 e. The summed E-state index contributed by atoms with van der Waals surface area (Å²) in [5.41, 5.74) is -1.13. The van der Waals surface area contributed by atoms with Crippen molar-refractivity contribution in [3.05, 3.63) is 57.6 Å². The molecule has 10 heteroatoms. The quantitative estimate of drug-likeness (QED) is 0.355. The zero-order chi connectivity index (χ0) is 28.3. The fourth-order valence-corrected chi connectivity index (χ4v) is 6.71. The summed E-state index contributed by atoms with van der Waals surface area (Å²) in [5, 5.41) is 45.3. The van der Waals surface area contributed by atoms with Crippen molar-refractivity contribution >= 4 is 11.6 Å². The monoisotopic (exact) mass is 553 g/mol. The number of aliphatic hydroxyl groups is 2. The van der Waals surface area contributed by atoms with Crippen LogP contribution in [0.2, 0.25) is 0 Å². The first-order valence-electron chi connectivity index (χ1n) is 14.0. The third-order valence-electron chi connectivity index (χ3n) is 9.02. The number of aliphatic hydroxyl groups excluding tert-OH is 1. The van der Waals surface area contributed by atoms with Gasteiger partial charge in [0.15, 0.2) is 17.9 Å². The van der Waals surface area contributed by atoms with Crippen LogP contribution in [0.5, 0.6) is 11.5 Å². The normalized spacial score (nSPS) is 32.4. The molecule has 2 saturated heterocycles. The Balaban J connectivity index is 1.40. The summed E-state index contributed by atoms with van der Waals surface area (Å²) in [6, 6.07) is 6.07. The number of carbonyl (C=O) groups is 2. The topological polar surface area (TPSA) is 146 Å². The standard InChI is InChI=1S/C30H35NO9/c1-3-30(37)13-18-22(29(36)24-23(28(18)35)26(33)16-6-4-5-7-17(16)27(24)34)20(14-30)40-21-12-19(25(32)15(2)39-21)31-8-10-38-11-9-31/h4-7,15,19-21,25,32,35-37H,3,8-14H2,1-2H3/t15-,19-,20-,21-,25+,30-/m0/s1. The minimum absolute atomic E-state index is 0.0223. The number of hydrogen-bond donors (Lipinski definition) is 4. The maximum atomic E-state index is 13.5. The van der Waals surface area contributed by atoms with Crippen LogP contribution < -0.4 is 0 Å². The van der Waals surface area contributed by atoms with Crippen LogP contribution in [0.3, 0.4) is 0 Å². The van der Waals surface area contributed by atoms with E-state index in [1.807, 2.05) is 6.92 Å². The highest BCUT2D eigenvalue weighted by Gasteiger charge is 2.47. The maximum Gasteiger partial charge on any atom is 0.198 e. The summed E-state index contributed by atoms with van der Waals surface area (Å²) < 4.78 is 17.9. The molecule has 2 aromatic rings. The second-order valence-electron chi connectivity index (χ2n) is 11.3. The number of hydrogen-bond acceptors (Lipinski definition) is 10. The van der Waals surface area contributed by atoms with Crippen LogP contribution in [0.25, 0.3) is 0 Å². The lowest BCUT2D eigenvalue weighted by molar-refractivity contribution is -0.261. The van der Waals surface area contributed by atoms with E-state index in [4.69, 9.17) is 14.2 Å². The van der Waals surface area contributed by atoms with Crippen LogP contribution in [0.1, 0.15) is 82.2 Å². The van der Waals surface area contributed by atoms with Crippen LogP contribution >= 0.6 is 0 Å². The molecule has 2 aliphatic heterocycles. The molecule has 2 heterocycles. The number of aromatic hydroxyl groups is 2. The molecule has 0 amide bonds. The maximum absolute atomic E-state index is 13.5. The Kier molecular flexibility index (Phi) is 6.97. The number of ether oxygens (including phenoxy) is 3. The first-order chi connectivity index (χ1) is 19.1. The number of rotatable bonds is 4. The van der Waals surface area contributed by atoms with Gasteiger partial charge in [0, 0.05) is 60.6 Å². The second kappa shape index (κ2) is 10.2. The molecule has 0 aromatic heterocycles. The van der Waals surface area contributed by atoms with E-state index >= 15 is 0 Å². The Labute approximate surface area is 232 Å². The minimum Gasteiger partial charge on any atom is -0.507 e. The van der Waals surface area contributed by atoms with Crippen molar-refractivity contribution in [1.82, 2.24) is 4.90 Å². The Morgan fingerprint density at radius 3 is 2.30 bits per heavy atom. The van der Waals surface area contributed by atoms with Gasteiger partial charge in [0.05, 0.1) is 48.3 Å². The highest BCUT2D eigenvalue weighted by atomic mass is 16.7. The number of carbonyl (C=O) groups excluding carboxylic acids is 2. The predicted octanol–water partition coefficient (Wildman–Crippen LogP) is 2.21. The number of morpholine rings is 1. The zero-order valence-electron chi connectivity index (χ0n) is 22.6. The van der Waals surface area contributed by atoms with Gasteiger partial charge in [-0.05, 0) is 13.3 Å². The molecule has 40 heavy (non-hydrogen) atoms. The van der Waals surface area contributed by atoms with E-state index in [0.717, 1.165) is 0 Å². The van der Waals surface area contributed by atoms with E-state index in [1.54, 1.807) is 19.1 Å². The predicted molar refractivity (Wildman–Crippen MR) is 142 cm³/mol. The molecule has 4 N–H and O–H groups in total. The van der Waals surface area contributed by atoms with Crippen molar-refractivity contribution in [3.8, 4) is 11.5 Å². The lowest BCUT2D eigenvalue weighted by Gasteiger charge is -2.46. The highest BCUT2D eigenvalue weighted by molar-refractivity contribution is 6.30. The van der Waals surface area contributed by atoms with Gasteiger partial charge in [0.25, 0.3) is 0 Å². The Morgan fingerprint density at radius 1 is 1.05 bits per heavy atom. The molecule has 6 rings (SSSR count). The van der Waals surface area contributed by atoms with Crippen LogP contribution in [0.4, 0.5) is 0 Å². The van der Waals surface area contributed by atoms with Crippen molar-refractivity contribution in [3.63, 3.8) is 0 Å². The third kappa shape index (κ3) is 4.34. The van der Waals surface area contributed by atoms with Crippen molar-refractivity contribution < 1.29 is 44.2 Å². The molecule has 2 aromatic carbocycles. The molecule has 0 bridgehead atoms. The first-order valence-corrected chi connectivity index (χ1v) is 14.0. The van der Waals surface area contributed by atoms with Gasteiger partial charge >= 0.3 is 0 Å². The lowest BCUT2D eigenvalue weighted by atomic mass is 9.72. The van der Waals surface area contributed by atoms with E-state index in [0.29, 0.717) is 39.1 Å². The molecule has 2 fully saturated rings. The number of benzene rings is 2. The molecular formula is C30H35NO9. The van der Waals surface area contributed by atoms with E-state index in [2.05, 4.69) is 4.90 Å². The zero-order valence-corrected chi connectivity index (χ0v) is 22.6. The van der Waals surface area contributed by atoms with E-state index in [1.165, 1.54) is 12.1 Å². The molecule has 4 aliphatic rings. The number of phenols is 2. The molecule has 0 saturated carbocycles. The van der Waals surface area contributed by atoms with E-state index in [9.17, 15) is 30.0 Å². The Hall–Kier alpha value is -2.86. The fourth-order valence-electron chi connectivity index (χ4n) is 6.71. The molecule has 214 valence electrons. The number of ketones is 2. The Bertz CT molecular complexity index is 1350. The third-order valence-corrected chi connectivity index (χ3v) is 9.02.